The summed E-state index contributed by atoms with van der Waals surface area (Å²) >= 11 is 3.40. The summed E-state index contributed by atoms with van der Waals surface area (Å²) < 4.78 is 10.9. The van der Waals surface area contributed by atoms with Crippen molar-refractivity contribution in [2.24, 2.45) is 0 Å². The normalized spacial score (nSPS) is 10.5. The zero-order chi connectivity index (χ0) is 17.8. The molecule has 0 aliphatic rings. The van der Waals surface area contributed by atoms with Gasteiger partial charge < -0.3 is 14.8 Å². The highest BCUT2D eigenvalue weighted by Gasteiger charge is 2.13. The molecule has 0 aliphatic heterocycles. The van der Waals surface area contributed by atoms with Crippen molar-refractivity contribution in [1.29, 1.82) is 0 Å². The van der Waals surface area contributed by atoms with Crippen LogP contribution in [0.3, 0.4) is 0 Å². The van der Waals surface area contributed by atoms with Crippen LogP contribution in [-0.4, -0.2) is 30.2 Å². The van der Waals surface area contributed by atoms with Crippen LogP contribution in [0.15, 0.2) is 47.2 Å². The number of carbonyl (C=O) groups excluding carboxylic acids is 1. The molecule has 0 radical (unpaired) electrons. The minimum atomic E-state index is -0.431. The van der Waals surface area contributed by atoms with E-state index in [2.05, 4.69) is 31.2 Å². The molecular formula is C18H16BrN3O3. The molecule has 25 heavy (non-hydrogen) atoms. The van der Waals surface area contributed by atoms with Gasteiger partial charge in [0.15, 0.2) is 0 Å². The van der Waals surface area contributed by atoms with Gasteiger partial charge in [-0.15, -0.1) is 0 Å². The lowest BCUT2D eigenvalue weighted by Crippen LogP contribution is -2.07. The molecule has 3 rings (SSSR count). The van der Waals surface area contributed by atoms with E-state index >= 15 is 0 Å². The summed E-state index contributed by atoms with van der Waals surface area (Å²) in [5.41, 5.74) is 3.76. The summed E-state index contributed by atoms with van der Waals surface area (Å²) in [6.45, 7) is 0.519. The Balaban J connectivity index is 1.86. The second-order valence-electron chi connectivity index (χ2n) is 5.26. The zero-order valence-corrected chi connectivity index (χ0v) is 15.3. The number of ether oxygens (including phenoxy) is 2. The van der Waals surface area contributed by atoms with Crippen LogP contribution >= 0.6 is 15.9 Å². The number of hydrogen-bond donors (Lipinski definition) is 1. The van der Waals surface area contributed by atoms with Crippen molar-refractivity contribution < 1.29 is 14.3 Å². The van der Waals surface area contributed by atoms with Crippen LogP contribution in [0.2, 0.25) is 0 Å². The molecule has 0 atom stereocenters. The molecule has 0 saturated heterocycles. The van der Waals surface area contributed by atoms with E-state index in [0.717, 1.165) is 26.8 Å². The highest BCUT2D eigenvalue weighted by Crippen LogP contribution is 2.24. The number of methoxy groups -OCH3 is 2. The fraction of sp³-hybridized carbons (Fsp3) is 0.167. The van der Waals surface area contributed by atoms with E-state index in [0.29, 0.717) is 17.9 Å². The third kappa shape index (κ3) is 3.71. The minimum absolute atomic E-state index is 0.394. The summed E-state index contributed by atoms with van der Waals surface area (Å²) in [5, 5.41) is 3.33. The van der Waals surface area contributed by atoms with Crippen molar-refractivity contribution in [1.82, 2.24) is 9.97 Å². The van der Waals surface area contributed by atoms with Gasteiger partial charge >= 0.3 is 5.97 Å². The molecule has 0 saturated carbocycles. The predicted octanol–water partition coefficient (Wildman–Crippen LogP) is 3.80. The number of nitrogens with zero attached hydrogens (tertiary/aromatic N) is 2. The molecule has 128 valence electrons. The lowest BCUT2D eigenvalue weighted by Gasteiger charge is -2.12. The van der Waals surface area contributed by atoms with Gasteiger partial charge in [0.2, 0.25) is 0 Å². The molecule has 0 aliphatic carbocycles. The van der Waals surface area contributed by atoms with Crippen molar-refractivity contribution in [2.75, 3.05) is 19.5 Å². The largest absolute Gasteiger partial charge is 0.496 e. The Hall–Kier alpha value is -2.67. The van der Waals surface area contributed by atoms with Crippen LogP contribution in [0.25, 0.3) is 11.0 Å². The lowest BCUT2D eigenvalue weighted by atomic mass is 10.1. The molecule has 0 spiro atoms. The zero-order valence-electron chi connectivity index (χ0n) is 13.7. The number of fused-ring (bicyclic) bond motifs is 1. The molecule has 0 bridgehead atoms. The lowest BCUT2D eigenvalue weighted by molar-refractivity contribution is 0.0597. The Morgan fingerprint density at radius 1 is 1.20 bits per heavy atom. The van der Waals surface area contributed by atoms with Gasteiger partial charge in [-0.25, -0.2) is 4.79 Å². The van der Waals surface area contributed by atoms with Gasteiger partial charge in [-0.1, -0.05) is 6.07 Å². The van der Waals surface area contributed by atoms with Crippen molar-refractivity contribution in [3.8, 4) is 5.75 Å². The van der Waals surface area contributed by atoms with Crippen LogP contribution in [0.5, 0.6) is 5.75 Å². The van der Waals surface area contributed by atoms with Crippen LogP contribution in [0.4, 0.5) is 5.69 Å². The Labute approximate surface area is 153 Å². The number of halogens is 1. The summed E-state index contributed by atoms with van der Waals surface area (Å²) in [6.07, 6.45) is 3.46. The quantitative estimate of drug-likeness (QED) is 0.655. The van der Waals surface area contributed by atoms with Crippen LogP contribution < -0.4 is 10.1 Å². The standard InChI is InChI=1S/C18H16BrN3O3/c1-24-16-4-3-11(7-13(16)18(23)25-2)9-21-14-5-6-20-15-8-12(19)10-22-17(14)15/h3-8,10H,9H2,1-2H3,(H,20,21). The van der Waals surface area contributed by atoms with Gasteiger partial charge in [-0.3, -0.25) is 9.97 Å². The van der Waals surface area contributed by atoms with E-state index in [-0.39, 0.29) is 0 Å². The van der Waals surface area contributed by atoms with Crippen LogP contribution in [0, 0.1) is 0 Å². The SMILES string of the molecule is COC(=O)c1cc(CNc2ccnc3cc(Br)cnc23)ccc1OC. The Morgan fingerprint density at radius 3 is 2.80 bits per heavy atom. The number of aromatic nitrogens is 2. The molecular weight excluding hydrogens is 386 g/mol. The molecule has 1 N–H and O–H groups in total. The smallest absolute Gasteiger partial charge is 0.341 e. The Kier molecular flexibility index (Phi) is 5.14. The van der Waals surface area contributed by atoms with Crippen molar-refractivity contribution in [2.45, 2.75) is 6.54 Å². The molecule has 0 unspecified atom stereocenters. The maximum atomic E-state index is 11.9. The van der Waals surface area contributed by atoms with Gasteiger partial charge in [0.25, 0.3) is 0 Å². The first kappa shape index (κ1) is 17.2. The molecule has 1 aromatic carbocycles. The predicted molar refractivity (Wildman–Crippen MR) is 98.9 cm³/mol. The van der Waals surface area contributed by atoms with E-state index in [9.17, 15) is 4.79 Å². The number of esters is 1. The summed E-state index contributed by atoms with van der Waals surface area (Å²) in [5.74, 6) is 0.0519. The molecule has 2 aromatic heterocycles. The maximum absolute atomic E-state index is 11.9. The highest BCUT2D eigenvalue weighted by atomic mass is 79.9. The summed E-state index contributed by atoms with van der Waals surface area (Å²) in [4.78, 5) is 20.6. The van der Waals surface area contributed by atoms with Gasteiger partial charge in [0.05, 0.1) is 25.4 Å². The minimum Gasteiger partial charge on any atom is -0.496 e. The first-order valence-electron chi connectivity index (χ1n) is 7.51. The summed E-state index contributed by atoms with van der Waals surface area (Å²) in [7, 11) is 2.87. The number of anilines is 1. The number of hydrogen-bond acceptors (Lipinski definition) is 6. The third-order valence-electron chi connectivity index (χ3n) is 3.70. The third-order valence-corrected chi connectivity index (χ3v) is 4.13. The van der Waals surface area contributed by atoms with E-state index in [1.54, 1.807) is 24.5 Å². The van der Waals surface area contributed by atoms with Crippen molar-refractivity contribution >= 4 is 38.6 Å². The molecule has 6 nitrogen and oxygen atoms in total. The fourth-order valence-electron chi connectivity index (χ4n) is 2.48. The number of benzene rings is 1. The van der Waals surface area contributed by atoms with Crippen LogP contribution in [-0.2, 0) is 11.3 Å². The van der Waals surface area contributed by atoms with Crippen molar-refractivity contribution in [3.05, 3.63) is 58.3 Å². The monoisotopic (exact) mass is 401 g/mol. The highest BCUT2D eigenvalue weighted by molar-refractivity contribution is 9.10. The molecule has 7 heteroatoms. The first-order valence-corrected chi connectivity index (χ1v) is 8.31. The van der Waals surface area contributed by atoms with Crippen LogP contribution in [0.1, 0.15) is 15.9 Å². The van der Waals surface area contributed by atoms with Crippen molar-refractivity contribution in [3.63, 3.8) is 0 Å². The Bertz CT molecular complexity index is 931. The molecule has 0 amide bonds. The van der Waals surface area contributed by atoms with Gasteiger partial charge in [0, 0.05) is 23.4 Å². The first-order chi connectivity index (χ1) is 12.1. The second kappa shape index (κ2) is 7.48. The van der Waals surface area contributed by atoms with E-state index in [1.165, 1.54) is 14.2 Å². The average molecular weight is 402 g/mol. The molecule has 2 heterocycles. The average Bonchev–Trinajstić information content (AvgIpc) is 2.65. The van der Waals surface area contributed by atoms with Gasteiger partial charge in [-0.2, -0.15) is 0 Å². The van der Waals surface area contributed by atoms with Gasteiger partial charge in [0.1, 0.15) is 16.8 Å². The maximum Gasteiger partial charge on any atom is 0.341 e. The van der Waals surface area contributed by atoms with E-state index in [1.807, 2.05) is 18.2 Å². The number of nitrogens with one attached hydrogen (secondary N) is 1. The number of rotatable bonds is 5. The number of pyridine rings is 2. The van der Waals surface area contributed by atoms with E-state index in [4.69, 9.17) is 9.47 Å². The second-order valence-corrected chi connectivity index (χ2v) is 6.18. The molecule has 3 aromatic rings. The number of carbonyl (C=O) groups is 1. The van der Waals surface area contributed by atoms with Gasteiger partial charge in [-0.05, 0) is 45.8 Å². The molecule has 0 fully saturated rings. The fourth-order valence-corrected chi connectivity index (χ4v) is 2.80. The van der Waals surface area contributed by atoms with E-state index < -0.39 is 5.97 Å². The Morgan fingerprint density at radius 2 is 2.04 bits per heavy atom. The summed E-state index contributed by atoms with van der Waals surface area (Å²) in [6, 6.07) is 9.18. The topological polar surface area (TPSA) is 73.3 Å².